The van der Waals surface area contributed by atoms with Gasteiger partial charge in [0.25, 0.3) is 0 Å². The van der Waals surface area contributed by atoms with Gasteiger partial charge in [-0.1, -0.05) is 5.16 Å². The van der Waals surface area contributed by atoms with Crippen LogP contribution in [-0.2, 0) is 15.8 Å². The second-order valence-electron chi connectivity index (χ2n) is 7.45. The molecule has 2 amide bonds. The third kappa shape index (κ3) is 4.10. The molecule has 2 saturated heterocycles. The molecule has 1 atom stereocenters. The van der Waals surface area contributed by atoms with Gasteiger partial charge in [-0.15, -0.1) is 0 Å². The topological polar surface area (TPSA) is 79.5 Å². The predicted octanol–water partition coefficient (Wildman–Crippen LogP) is 3.54. The molecule has 0 radical (unpaired) electrons. The Morgan fingerprint density at radius 3 is 2.52 bits per heavy atom. The Morgan fingerprint density at radius 1 is 1.16 bits per heavy atom. The van der Waals surface area contributed by atoms with E-state index in [1.165, 1.54) is 0 Å². The number of carbonyl (C=O) groups excluding carboxylic acids is 2. The van der Waals surface area contributed by atoms with Crippen LogP contribution < -0.4 is 4.90 Å². The van der Waals surface area contributed by atoms with E-state index in [1.54, 1.807) is 4.90 Å². The van der Waals surface area contributed by atoms with Crippen LogP contribution in [0.1, 0.15) is 38.0 Å². The van der Waals surface area contributed by atoms with Crippen LogP contribution in [0.25, 0.3) is 11.4 Å². The van der Waals surface area contributed by atoms with E-state index in [4.69, 9.17) is 0 Å². The number of aromatic nitrogens is 2. The average Bonchev–Trinajstić information content (AvgIpc) is 3.44. The number of halogens is 5. The lowest BCUT2D eigenvalue weighted by Gasteiger charge is -2.27. The molecule has 31 heavy (non-hydrogen) atoms. The summed E-state index contributed by atoms with van der Waals surface area (Å²) in [7, 11) is 0. The molecule has 166 valence electrons. The largest absolute Gasteiger partial charge is 0.471 e. The van der Waals surface area contributed by atoms with Crippen LogP contribution in [0.3, 0.4) is 0 Å². The van der Waals surface area contributed by atoms with Crippen LogP contribution in [-0.4, -0.2) is 46.0 Å². The fourth-order valence-electron chi connectivity index (χ4n) is 3.91. The average molecular weight is 444 g/mol. The number of carbonyl (C=O) groups is 2. The molecular weight excluding hydrogens is 427 g/mol. The van der Waals surface area contributed by atoms with Crippen molar-refractivity contribution in [3.8, 4) is 11.4 Å². The lowest BCUT2D eigenvalue weighted by atomic mass is 10.1. The molecule has 7 nitrogen and oxygen atoms in total. The molecule has 0 bridgehead atoms. The van der Waals surface area contributed by atoms with Gasteiger partial charge in [-0.3, -0.25) is 9.59 Å². The molecule has 2 fully saturated rings. The lowest BCUT2D eigenvalue weighted by molar-refractivity contribution is -0.159. The van der Waals surface area contributed by atoms with Crippen LogP contribution in [0.5, 0.6) is 0 Å². The molecule has 0 N–H and O–H groups in total. The number of benzene rings is 1. The van der Waals surface area contributed by atoms with Gasteiger partial charge in [-0.05, 0) is 25.3 Å². The van der Waals surface area contributed by atoms with Crippen molar-refractivity contribution < 1.29 is 36.1 Å². The highest BCUT2D eigenvalue weighted by molar-refractivity contribution is 5.97. The number of alkyl halides is 3. The van der Waals surface area contributed by atoms with E-state index in [0.29, 0.717) is 31.6 Å². The van der Waals surface area contributed by atoms with Gasteiger partial charge in [0.1, 0.15) is 11.6 Å². The van der Waals surface area contributed by atoms with Crippen molar-refractivity contribution >= 4 is 17.5 Å². The number of anilines is 1. The summed E-state index contributed by atoms with van der Waals surface area (Å²) in [6, 6.07) is 0.674. The Hall–Kier alpha value is -3.05. The Morgan fingerprint density at radius 2 is 1.87 bits per heavy atom. The summed E-state index contributed by atoms with van der Waals surface area (Å²) in [5, 5.41) is 3.05. The zero-order valence-corrected chi connectivity index (χ0v) is 16.1. The Kier molecular flexibility index (Phi) is 5.40. The molecular formula is C19H17F5N4O3. The summed E-state index contributed by atoms with van der Waals surface area (Å²) in [5.74, 6) is -5.28. The summed E-state index contributed by atoms with van der Waals surface area (Å²) in [6.07, 6.45) is -2.79. The molecule has 1 aromatic carbocycles. The van der Waals surface area contributed by atoms with Crippen molar-refractivity contribution in [1.82, 2.24) is 15.0 Å². The minimum Gasteiger partial charge on any atom is -0.343 e. The van der Waals surface area contributed by atoms with Gasteiger partial charge < -0.3 is 14.3 Å². The number of hydrogen-bond donors (Lipinski definition) is 0. The molecule has 2 aliphatic rings. The first-order valence-electron chi connectivity index (χ1n) is 9.65. The maximum absolute atomic E-state index is 14.8. The minimum absolute atomic E-state index is 0.0195. The SMILES string of the molecule is O=C(C[C@@H]1CCC(=O)N1c1cc(F)c(-c2noc(C(F)(F)F)n2)cc1F)N1CCCC1. The summed E-state index contributed by atoms with van der Waals surface area (Å²) < 4.78 is 71.4. The summed E-state index contributed by atoms with van der Waals surface area (Å²) >= 11 is 0. The molecule has 4 rings (SSSR count). The maximum Gasteiger partial charge on any atom is 0.471 e. The van der Waals surface area contributed by atoms with Crippen LogP contribution in [0.4, 0.5) is 27.6 Å². The van der Waals surface area contributed by atoms with E-state index in [0.717, 1.165) is 17.7 Å². The van der Waals surface area contributed by atoms with Gasteiger partial charge in [0.05, 0.1) is 11.3 Å². The second kappa shape index (κ2) is 7.89. The van der Waals surface area contributed by atoms with E-state index < -0.39 is 47.0 Å². The third-order valence-corrected chi connectivity index (χ3v) is 5.40. The first-order valence-corrected chi connectivity index (χ1v) is 9.65. The monoisotopic (exact) mass is 444 g/mol. The van der Waals surface area contributed by atoms with Gasteiger partial charge in [-0.2, -0.15) is 18.2 Å². The van der Waals surface area contributed by atoms with Crippen molar-refractivity contribution in [1.29, 1.82) is 0 Å². The van der Waals surface area contributed by atoms with Gasteiger partial charge in [0.2, 0.25) is 17.6 Å². The van der Waals surface area contributed by atoms with Gasteiger partial charge in [0, 0.05) is 38.0 Å². The fourth-order valence-corrected chi connectivity index (χ4v) is 3.91. The molecule has 0 spiro atoms. The highest BCUT2D eigenvalue weighted by atomic mass is 19.4. The van der Waals surface area contributed by atoms with Crippen LogP contribution >= 0.6 is 0 Å². The van der Waals surface area contributed by atoms with Gasteiger partial charge in [0.15, 0.2) is 0 Å². The standard InChI is InChI=1S/C19H17F5N4O3/c20-12-9-14(13(21)8-11(12)17-25-18(31-26-17)19(22,23)24)28-10(3-4-15(28)29)7-16(30)27-5-1-2-6-27/h8-10H,1-7H2/t10-/m0/s1. The molecule has 3 heterocycles. The molecule has 0 unspecified atom stereocenters. The fraction of sp³-hybridized carbons (Fsp3) is 0.474. The van der Waals surface area contributed by atoms with Crippen LogP contribution in [0, 0.1) is 11.6 Å². The van der Waals surface area contributed by atoms with Crippen LogP contribution in [0.15, 0.2) is 16.7 Å². The number of rotatable bonds is 4. The van der Waals surface area contributed by atoms with E-state index in [1.807, 2.05) is 0 Å². The van der Waals surface area contributed by atoms with Crippen molar-refractivity contribution in [3.05, 3.63) is 29.7 Å². The quantitative estimate of drug-likeness (QED) is 0.674. The smallest absolute Gasteiger partial charge is 0.343 e. The molecule has 1 aromatic heterocycles. The Labute approximate surface area is 172 Å². The summed E-state index contributed by atoms with van der Waals surface area (Å²) in [4.78, 5) is 30.6. The maximum atomic E-state index is 14.8. The van der Waals surface area contributed by atoms with E-state index >= 15 is 0 Å². The number of hydrogen-bond acceptors (Lipinski definition) is 5. The highest BCUT2D eigenvalue weighted by Crippen LogP contribution is 2.35. The second-order valence-corrected chi connectivity index (χ2v) is 7.45. The lowest BCUT2D eigenvalue weighted by Crippen LogP contribution is -2.39. The number of amides is 2. The molecule has 2 aromatic rings. The van der Waals surface area contributed by atoms with E-state index in [2.05, 4.69) is 14.7 Å². The van der Waals surface area contributed by atoms with Gasteiger partial charge >= 0.3 is 12.1 Å². The van der Waals surface area contributed by atoms with E-state index in [9.17, 15) is 31.5 Å². The number of likely N-dealkylation sites (tertiary alicyclic amines) is 1. The van der Waals surface area contributed by atoms with E-state index in [-0.39, 0.29) is 24.4 Å². The first-order chi connectivity index (χ1) is 14.6. The van der Waals surface area contributed by atoms with Crippen LogP contribution in [0.2, 0.25) is 0 Å². The third-order valence-electron chi connectivity index (χ3n) is 5.40. The minimum atomic E-state index is -4.93. The normalized spacial score (nSPS) is 19.5. The molecule has 12 heteroatoms. The van der Waals surface area contributed by atoms with Crippen molar-refractivity contribution in [2.45, 2.75) is 44.3 Å². The molecule has 2 aliphatic heterocycles. The first kappa shape index (κ1) is 21.2. The predicted molar refractivity (Wildman–Crippen MR) is 95.6 cm³/mol. The number of nitrogens with zero attached hydrogens (tertiary/aromatic N) is 4. The van der Waals surface area contributed by atoms with Crippen molar-refractivity contribution in [2.75, 3.05) is 18.0 Å². The van der Waals surface area contributed by atoms with Crippen molar-refractivity contribution in [2.24, 2.45) is 0 Å². The highest BCUT2D eigenvalue weighted by Gasteiger charge is 2.40. The molecule has 0 saturated carbocycles. The molecule has 0 aliphatic carbocycles. The zero-order chi connectivity index (χ0) is 22.3. The summed E-state index contributed by atoms with van der Waals surface area (Å²) in [5.41, 5.74) is -1.03. The summed E-state index contributed by atoms with van der Waals surface area (Å²) in [6.45, 7) is 1.25. The Balaban J connectivity index is 1.61. The van der Waals surface area contributed by atoms with Crippen molar-refractivity contribution in [3.63, 3.8) is 0 Å². The van der Waals surface area contributed by atoms with Gasteiger partial charge in [-0.25, -0.2) is 8.78 Å². The Bertz CT molecular complexity index is 1020. The zero-order valence-electron chi connectivity index (χ0n) is 16.1.